The summed E-state index contributed by atoms with van der Waals surface area (Å²) in [5, 5.41) is 1.96. The first-order chi connectivity index (χ1) is 9.65. The van der Waals surface area contributed by atoms with Crippen molar-refractivity contribution in [3.05, 3.63) is 50.6 Å². The highest BCUT2D eigenvalue weighted by Crippen LogP contribution is 2.38. The Kier molecular flexibility index (Phi) is 3.81. The number of esters is 1. The van der Waals surface area contributed by atoms with Gasteiger partial charge in [0.2, 0.25) is 6.10 Å². The van der Waals surface area contributed by atoms with E-state index in [0.29, 0.717) is 0 Å². The molecule has 0 spiro atoms. The molecule has 0 N–H and O–H groups in total. The van der Waals surface area contributed by atoms with E-state index < -0.39 is 6.10 Å². The van der Waals surface area contributed by atoms with Crippen LogP contribution < -0.4 is 4.74 Å². The number of hydrogen-bond donors (Lipinski definition) is 0. The van der Waals surface area contributed by atoms with E-state index in [0.717, 1.165) is 20.7 Å². The topological polar surface area (TPSA) is 35.5 Å². The van der Waals surface area contributed by atoms with Gasteiger partial charge in [-0.2, -0.15) is 0 Å². The van der Waals surface area contributed by atoms with Crippen LogP contribution in [0.3, 0.4) is 0 Å². The molecule has 2 unspecified atom stereocenters. The van der Waals surface area contributed by atoms with Gasteiger partial charge in [-0.05, 0) is 33.4 Å². The Morgan fingerprint density at radius 2 is 2.25 bits per heavy atom. The highest BCUT2D eigenvalue weighted by atomic mass is 79.9. The molecule has 104 valence electrons. The number of rotatable bonds is 3. The van der Waals surface area contributed by atoms with Crippen molar-refractivity contribution in [3.63, 3.8) is 0 Å². The van der Waals surface area contributed by atoms with Crippen molar-refractivity contribution in [1.82, 2.24) is 0 Å². The van der Waals surface area contributed by atoms with Crippen LogP contribution in [0.1, 0.15) is 24.0 Å². The molecule has 0 amide bonds. The van der Waals surface area contributed by atoms with E-state index in [-0.39, 0.29) is 18.5 Å². The minimum absolute atomic E-state index is 0.0212. The summed E-state index contributed by atoms with van der Waals surface area (Å²) >= 11 is 4.96. The van der Waals surface area contributed by atoms with Gasteiger partial charge < -0.3 is 9.47 Å². The zero-order chi connectivity index (χ0) is 14.1. The van der Waals surface area contributed by atoms with Crippen LogP contribution in [-0.4, -0.2) is 12.1 Å². The largest absolute Gasteiger partial charge is 0.478 e. The van der Waals surface area contributed by atoms with Crippen LogP contribution in [0.2, 0.25) is 0 Å². The second-order valence-corrected chi connectivity index (χ2v) is 7.02. The standard InChI is InChI=1S/C15H13BrO3S/c1-9-11-4-2-3-5-12(11)19-14(9)15(17)18-7-10-6-13(16)20-8-10/h2-6,8-9,14H,7H2,1H3. The average molecular weight is 353 g/mol. The van der Waals surface area contributed by atoms with Gasteiger partial charge in [0, 0.05) is 17.0 Å². The third kappa shape index (κ3) is 2.60. The first-order valence-electron chi connectivity index (χ1n) is 6.30. The van der Waals surface area contributed by atoms with Gasteiger partial charge in [0.25, 0.3) is 0 Å². The molecule has 3 rings (SSSR count). The zero-order valence-corrected chi connectivity index (χ0v) is 13.2. The number of fused-ring (bicyclic) bond motifs is 1. The van der Waals surface area contributed by atoms with E-state index in [1.165, 1.54) is 0 Å². The fraction of sp³-hybridized carbons (Fsp3) is 0.267. The van der Waals surface area contributed by atoms with Crippen molar-refractivity contribution < 1.29 is 14.3 Å². The summed E-state index contributed by atoms with van der Waals surface area (Å²) in [6.45, 7) is 2.27. The van der Waals surface area contributed by atoms with Crippen molar-refractivity contribution in [2.24, 2.45) is 0 Å². The summed E-state index contributed by atoms with van der Waals surface area (Å²) in [5.74, 6) is 0.490. The quantitative estimate of drug-likeness (QED) is 0.779. The Bertz CT molecular complexity index is 638. The number of thiophene rings is 1. The van der Waals surface area contributed by atoms with E-state index in [2.05, 4.69) is 15.9 Å². The van der Waals surface area contributed by atoms with E-state index in [9.17, 15) is 4.79 Å². The lowest BCUT2D eigenvalue weighted by atomic mass is 9.98. The lowest BCUT2D eigenvalue weighted by molar-refractivity contribution is -0.153. The van der Waals surface area contributed by atoms with Crippen LogP contribution in [0, 0.1) is 0 Å². The molecule has 1 aliphatic rings. The Labute approximate surface area is 129 Å². The maximum absolute atomic E-state index is 12.1. The monoisotopic (exact) mass is 352 g/mol. The summed E-state index contributed by atoms with van der Waals surface area (Å²) in [4.78, 5) is 12.1. The molecule has 0 saturated carbocycles. The molecular formula is C15H13BrO3S. The Morgan fingerprint density at radius 3 is 2.95 bits per heavy atom. The normalized spacial score (nSPS) is 20.3. The molecule has 2 heterocycles. The van der Waals surface area contributed by atoms with E-state index in [1.807, 2.05) is 42.6 Å². The molecular weight excluding hydrogens is 340 g/mol. The molecule has 20 heavy (non-hydrogen) atoms. The summed E-state index contributed by atoms with van der Waals surface area (Å²) in [5.41, 5.74) is 2.05. The number of ether oxygens (including phenoxy) is 2. The second-order valence-electron chi connectivity index (χ2n) is 4.73. The Hall–Kier alpha value is -1.33. The van der Waals surface area contributed by atoms with Gasteiger partial charge in [-0.3, -0.25) is 0 Å². The number of carbonyl (C=O) groups excluding carboxylic acids is 1. The van der Waals surface area contributed by atoms with Crippen molar-refractivity contribution in [3.8, 4) is 5.75 Å². The summed E-state index contributed by atoms with van der Waals surface area (Å²) in [7, 11) is 0. The van der Waals surface area contributed by atoms with Gasteiger partial charge in [-0.1, -0.05) is 25.1 Å². The van der Waals surface area contributed by atoms with Crippen LogP contribution in [0.5, 0.6) is 5.75 Å². The first kappa shape index (κ1) is 13.6. The molecule has 1 aromatic carbocycles. The van der Waals surface area contributed by atoms with Crippen LogP contribution in [0.25, 0.3) is 0 Å². The molecule has 0 aliphatic carbocycles. The predicted molar refractivity (Wildman–Crippen MR) is 81.1 cm³/mol. The average Bonchev–Trinajstić information content (AvgIpc) is 3.01. The molecule has 0 bridgehead atoms. The second kappa shape index (κ2) is 5.58. The fourth-order valence-corrected chi connectivity index (χ4v) is 3.47. The number of para-hydroxylation sites is 1. The third-order valence-electron chi connectivity index (χ3n) is 3.35. The van der Waals surface area contributed by atoms with Crippen molar-refractivity contribution >= 4 is 33.2 Å². The minimum atomic E-state index is -0.547. The number of hydrogen-bond acceptors (Lipinski definition) is 4. The van der Waals surface area contributed by atoms with Gasteiger partial charge in [0.1, 0.15) is 12.4 Å². The summed E-state index contributed by atoms with van der Waals surface area (Å²) in [6, 6.07) is 9.68. The van der Waals surface area contributed by atoms with Crippen molar-refractivity contribution in [2.45, 2.75) is 25.6 Å². The van der Waals surface area contributed by atoms with Gasteiger partial charge in [-0.25, -0.2) is 4.79 Å². The molecule has 1 aliphatic heterocycles. The summed E-state index contributed by atoms with van der Waals surface area (Å²) in [6.07, 6.45) is -0.547. The van der Waals surface area contributed by atoms with Crippen molar-refractivity contribution in [1.29, 1.82) is 0 Å². The molecule has 2 atom stereocenters. The van der Waals surface area contributed by atoms with Gasteiger partial charge in [-0.15, -0.1) is 11.3 Å². The van der Waals surface area contributed by atoms with Crippen LogP contribution in [0.15, 0.2) is 39.5 Å². The zero-order valence-electron chi connectivity index (χ0n) is 10.8. The lowest BCUT2D eigenvalue weighted by Gasteiger charge is -2.14. The maximum Gasteiger partial charge on any atom is 0.348 e. The number of benzene rings is 1. The predicted octanol–water partition coefficient (Wildman–Crippen LogP) is 4.12. The third-order valence-corrected chi connectivity index (χ3v) is 4.91. The van der Waals surface area contributed by atoms with Crippen LogP contribution in [-0.2, 0) is 16.1 Å². The Balaban J connectivity index is 1.64. The highest BCUT2D eigenvalue weighted by Gasteiger charge is 2.37. The lowest BCUT2D eigenvalue weighted by Crippen LogP contribution is -2.29. The van der Waals surface area contributed by atoms with Gasteiger partial charge in [0.05, 0.1) is 3.79 Å². The highest BCUT2D eigenvalue weighted by molar-refractivity contribution is 9.11. The molecule has 0 radical (unpaired) electrons. The number of halogens is 1. The fourth-order valence-electron chi connectivity index (χ4n) is 2.28. The molecule has 5 heteroatoms. The molecule has 0 fully saturated rings. The molecule has 1 aromatic heterocycles. The molecule has 2 aromatic rings. The van der Waals surface area contributed by atoms with Crippen LogP contribution >= 0.6 is 27.3 Å². The first-order valence-corrected chi connectivity index (χ1v) is 7.97. The smallest absolute Gasteiger partial charge is 0.348 e. The molecule has 3 nitrogen and oxygen atoms in total. The minimum Gasteiger partial charge on any atom is -0.478 e. The molecule has 0 saturated heterocycles. The number of carbonyl (C=O) groups is 1. The summed E-state index contributed by atoms with van der Waals surface area (Å²) < 4.78 is 12.1. The Morgan fingerprint density at radius 1 is 1.45 bits per heavy atom. The SMILES string of the molecule is CC1c2ccccc2OC1C(=O)OCc1csc(Br)c1. The van der Waals surface area contributed by atoms with Crippen molar-refractivity contribution in [2.75, 3.05) is 0 Å². The van der Waals surface area contributed by atoms with E-state index in [1.54, 1.807) is 11.3 Å². The van der Waals surface area contributed by atoms with Gasteiger partial charge >= 0.3 is 5.97 Å². The maximum atomic E-state index is 12.1. The van der Waals surface area contributed by atoms with E-state index >= 15 is 0 Å². The van der Waals surface area contributed by atoms with E-state index in [4.69, 9.17) is 9.47 Å². The van der Waals surface area contributed by atoms with Gasteiger partial charge in [0.15, 0.2) is 0 Å². The van der Waals surface area contributed by atoms with Crippen LogP contribution in [0.4, 0.5) is 0 Å².